The molecule has 0 amide bonds. The number of nitrogen functional groups attached to an aromatic ring is 1. The third-order valence-corrected chi connectivity index (χ3v) is 2.12. The molecule has 0 bridgehead atoms. The number of nitrogens with one attached hydrogen (secondary N) is 1. The van der Waals surface area contributed by atoms with Crippen molar-refractivity contribution >= 4 is 11.5 Å². The minimum absolute atomic E-state index is 0.130. The van der Waals surface area contributed by atoms with Crippen molar-refractivity contribution in [1.82, 2.24) is 0 Å². The lowest BCUT2D eigenvalue weighted by atomic mass is 10.1. The highest BCUT2D eigenvalue weighted by Gasteiger charge is 2.18. The first-order chi connectivity index (χ1) is 7.82. The molecule has 0 spiro atoms. The minimum Gasteiger partial charge on any atom is -0.384 e. The van der Waals surface area contributed by atoms with Crippen molar-refractivity contribution in [1.29, 1.82) is 5.41 Å². The van der Waals surface area contributed by atoms with Gasteiger partial charge in [-0.3, -0.25) is 5.41 Å². The fraction of sp³-hybridized carbons (Fsp3) is 0.300. The van der Waals surface area contributed by atoms with Crippen LogP contribution in [0.25, 0.3) is 0 Å². The zero-order valence-corrected chi connectivity index (χ0v) is 8.98. The average molecular weight is 249 g/mol. The van der Waals surface area contributed by atoms with Crippen molar-refractivity contribution in [2.75, 3.05) is 18.5 Å². The van der Waals surface area contributed by atoms with Crippen LogP contribution < -0.4 is 10.6 Å². The third kappa shape index (κ3) is 3.08. The van der Waals surface area contributed by atoms with E-state index < -0.39 is 36.1 Å². The predicted molar refractivity (Wildman–Crippen MR) is 56.6 cm³/mol. The Morgan fingerprint density at radius 3 is 2.18 bits per heavy atom. The van der Waals surface area contributed by atoms with Crippen molar-refractivity contribution in [2.24, 2.45) is 5.73 Å². The molecule has 94 valence electrons. The van der Waals surface area contributed by atoms with Crippen molar-refractivity contribution in [3.05, 3.63) is 29.3 Å². The van der Waals surface area contributed by atoms with Crippen LogP contribution >= 0.6 is 0 Å². The fourth-order valence-electron chi connectivity index (χ4n) is 1.38. The standard InChI is InChI=1S/C10H11F4N3/c1-17(4-8(13)14)9-6(11)2-5(10(15)16)3-7(9)12/h2-3,8H,4H2,1H3,(H3,15,16). The summed E-state index contributed by atoms with van der Waals surface area (Å²) in [5, 5.41) is 7.03. The van der Waals surface area contributed by atoms with Crippen molar-refractivity contribution in [3.63, 3.8) is 0 Å². The van der Waals surface area contributed by atoms with Gasteiger partial charge in [0.15, 0.2) is 0 Å². The zero-order chi connectivity index (χ0) is 13.2. The van der Waals surface area contributed by atoms with Gasteiger partial charge in [0.1, 0.15) is 23.2 Å². The number of nitrogens with two attached hydrogens (primary N) is 1. The van der Waals surface area contributed by atoms with E-state index in [9.17, 15) is 17.6 Å². The Morgan fingerprint density at radius 1 is 1.35 bits per heavy atom. The quantitative estimate of drug-likeness (QED) is 0.487. The van der Waals surface area contributed by atoms with Crippen LogP contribution in [0.3, 0.4) is 0 Å². The van der Waals surface area contributed by atoms with E-state index in [4.69, 9.17) is 11.1 Å². The Labute approximate surface area is 95.3 Å². The number of nitrogens with zero attached hydrogens (tertiary/aromatic N) is 1. The largest absolute Gasteiger partial charge is 0.384 e. The van der Waals surface area contributed by atoms with Crippen molar-refractivity contribution in [2.45, 2.75) is 6.43 Å². The molecule has 3 nitrogen and oxygen atoms in total. The Hall–Kier alpha value is -1.79. The first-order valence-electron chi connectivity index (χ1n) is 4.65. The van der Waals surface area contributed by atoms with E-state index in [1.54, 1.807) is 0 Å². The van der Waals surface area contributed by atoms with Crippen LogP contribution in [0.1, 0.15) is 5.56 Å². The number of amidine groups is 1. The second kappa shape index (κ2) is 5.03. The van der Waals surface area contributed by atoms with Crippen molar-refractivity contribution < 1.29 is 17.6 Å². The molecule has 1 aromatic rings. The molecule has 0 aliphatic carbocycles. The number of hydrogen-bond donors (Lipinski definition) is 2. The number of hydrogen-bond acceptors (Lipinski definition) is 2. The molecule has 0 heterocycles. The van der Waals surface area contributed by atoms with Gasteiger partial charge in [-0.15, -0.1) is 0 Å². The molecule has 0 aliphatic rings. The highest BCUT2D eigenvalue weighted by Crippen LogP contribution is 2.24. The molecule has 0 radical (unpaired) electrons. The average Bonchev–Trinajstić information content (AvgIpc) is 2.14. The Bertz CT molecular complexity index is 411. The molecule has 0 saturated carbocycles. The fourth-order valence-corrected chi connectivity index (χ4v) is 1.38. The molecule has 0 fully saturated rings. The maximum absolute atomic E-state index is 13.5. The summed E-state index contributed by atoms with van der Waals surface area (Å²) in [4.78, 5) is 0.777. The minimum atomic E-state index is -2.70. The maximum atomic E-state index is 13.5. The van der Waals surface area contributed by atoms with Gasteiger partial charge in [0.05, 0.1) is 6.54 Å². The predicted octanol–water partition coefficient (Wildman–Crippen LogP) is 1.95. The molecule has 0 aliphatic heterocycles. The van der Waals surface area contributed by atoms with E-state index in [2.05, 4.69) is 0 Å². The highest BCUT2D eigenvalue weighted by molar-refractivity contribution is 5.95. The summed E-state index contributed by atoms with van der Waals surface area (Å²) < 4.78 is 51.2. The van der Waals surface area contributed by atoms with Crippen LogP contribution in [0, 0.1) is 17.0 Å². The first-order valence-corrected chi connectivity index (χ1v) is 4.65. The molecular weight excluding hydrogens is 238 g/mol. The number of alkyl halides is 2. The Balaban J connectivity index is 3.13. The zero-order valence-electron chi connectivity index (χ0n) is 8.98. The summed E-state index contributed by atoms with van der Waals surface area (Å²) in [6, 6.07) is 1.67. The van der Waals surface area contributed by atoms with Gasteiger partial charge in [-0.25, -0.2) is 17.6 Å². The summed E-state index contributed by atoms with van der Waals surface area (Å²) in [6.07, 6.45) is -2.70. The monoisotopic (exact) mass is 249 g/mol. The topological polar surface area (TPSA) is 53.1 Å². The smallest absolute Gasteiger partial charge is 0.255 e. The van der Waals surface area contributed by atoms with Crippen molar-refractivity contribution in [3.8, 4) is 0 Å². The first kappa shape index (κ1) is 13.3. The van der Waals surface area contributed by atoms with Gasteiger partial charge in [-0.2, -0.15) is 0 Å². The SMILES string of the molecule is CN(CC(F)F)c1c(F)cc(C(=N)N)cc1F. The molecule has 0 aromatic heterocycles. The Kier molecular flexibility index (Phi) is 3.93. The molecule has 1 rings (SSSR count). The Morgan fingerprint density at radius 2 is 1.82 bits per heavy atom. The second-order valence-electron chi connectivity index (χ2n) is 3.47. The molecule has 0 atom stereocenters. The van der Waals surface area contributed by atoms with E-state index in [0.29, 0.717) is 0 Å². The maximum Gasteiger partial charge on any atom is 0.255 e. The van der Waals surface area contributed by atoms with Crippen LogP contribution in [-0.4, -0.2) is 25.9 Å². The number of halogens is 4. The van der Waals surface area contributed by atoms with Gasteiger partial charge in [0.25, 0.3) is 6.43 Å². The van der Waals surface area contributed by atoms with Crippen LogP contribution in [-0.2, 0) is 0 Å². The van der Waals surface area contributed by atoms with Gasteiger partial charge in [-0.05, 0) is 12.1 Å². The van der Waals surface area contributed by atoms with E-state index in [1.165, 1.54) is 0 Å². The van der Waals surface area contributed by atoms with Crippen LogP contribution in [0.15, 0.2) is 12.1 Å². The van der Waals surface area contributed by atoms with Gasteiger partial charge < -0.3 is 10.6 Å². The van der Waals surface area contributed by atoms with Crippen LogP contribution in [0.4, 0.5) is 23.2 Å². The molecule has 0 saturated heterocycles. The summed E-state index contributed by atoms with van der Waals surface area (Å²) in [7, 11) is 1.15. The number of rotatable bonds is 4. The lowest BCUT2D eigenvalue weighted by molar-refractivity contribution is 0.156. The molecule has 17 heavy (non-hydrogen) atoms. The molecule has 1 aromatic carbocycles. The third-order valence-electron chi connectivity index (χ3n) is 2.12. The normalized spacial score (nSPS) is 10.7. The second-order valence-corrected chi connectivity index (χ2v) is 3.47. The van der Waals surface area contributed by atoms with Crippen LogP contribution in [0.2, 0.25) is 0 Å². The van der Waals surface area contributed by atoms with E-state index in [1.807, 2.05) is 0 Å². The van der Waals surface area contributed by atoms with E-state index in [-0.39, 0.29) is 5.56 Å². The summed E-state index contributed by atoms with van der Waals surface area (Å²) >= 11 is 0. The molecule has 0 unspecified atom stereocenters. The summed E-state index contributed by atoms with van der Waals surface area (Å²) in [5.41, 5.74) is 4.38. The van der Waals surface area contributed by atoms with Gasteiger partial charge in [-0.1, -0.05) is 0 Å². The number of anilines is 1. The summed E-state index contributed by atoms with van der Waals surface area (Å²) in [6.45, 7) is -0.784. The van der Waals surface area contributed by atoms with Crippen LogP contribution in [0.5, 0.6) is 0 Å². The summed E-state index contributed by atoms with van der Waals surface area (Å²) in [5.74, 6) is -2.55. The number of benzene rings is 1. The van der Waals surface area contributed by atoms with Gasteiger partial charge in [0, 0.05) is 12.6 Å². The molecule has 7 heteroatoms. The highest BCUT2D eigenvalue weighted by atomic mass is 19.3. The molecule has 3 N–H and O–H groups in total. The van der Waals surface area contributed by atoms with Gasteiger partial charge >= 0.3 is 0 Å². The lowest BCUT2D eigenvalue weighted by Gasteiger charge is -2.20. The van der Waals surface area contributed by atoms with E-state index in [0.717, 1.165) is 24.1 Å². The molecular formula is C10H11F4N3. The lowest BCUT2D eigenvalue weighted by Crippen LogP contribution is -2.26. The van der Waals surface area contributed by atoms with Gasteiger partial charge in [0.2, 0.25) is 0 Å². The van der Waals surface area contributed by atoms with E-state index >= 15 is 0 Å².